The molecule has 0 unspecified atom stereocenters. The van der Waals surface area contributed by atoms with Crippen molar-refractivity contribution in [2.24, 2.45) is 0 Å². The van der Waals surface area contributed by atoms with Gasteiger partial charge in [0, 0.05) is 12.2 Å². The molecule has 1 aliphatic rings. The van der Waals surface area contributed by atoms with E-state index in [1.165, 1.54) is 17.3 Å². The summed E-state index contributed by atoms with van der Waals surface area (Å²) in [7, 11) is 3.20. The Morgan fingerprint density at radius 1 is 1.28 bits per heavy atom. The molecule has 29 heavy (non-hydrogen) atoms. The van der Waals surface area contributed by atoms with Crippen LogP contribution in [-0.2, 0) is 24.1 Å². The van der Waals surface area contributed by atoms with Gasteiger partial charge in [-0.25, -0.2) is 4.98 Å². The first-order chi connectivity index (χ1) is 14.1. The second-order valence-electron chi connectivity index (χ2n) is 6.89. The van der Waals surface area contributed by atoms with Crippen LogP contribution in [0.4, 0.5) is 0 Å². The lowest BCUT2D eigenvalue weighted by molar-refractivity contribution is -0.118. The standard InChI is InChI=1S/C22H25N3O3S/c1-14-16-5-4-6-18(16)25-22(17(14)12-23)29-13-21(26)24-10-9-15-7-8-19(27-2)20(11-15)28-3/h7-8,11H,4-6,9-10,13H2,1-3H3,(H,24,26). The molecule has 0 fully saturated rings. The summed E-state index contributed by atoms with van der Waals surface area (Å²) >= 11 is 1.33. The van der Waals surface area contributed by atoms with E-state index in [1.807, 2.05) is 25.1 Å². The minimum atomic E-state index is -0.0701. The van der Waals surface area contributed by atoms with E-state index in [0.717, 1.165) is 36.1 Å². The van der Waals surface area contributed by atoms with E-state index in [4.69, 9.17) is 9.47 Å². The lowest BCUT2D eigenvalue weighted by Crippen LogP contribution is -2.27. The highest BCUT2D eigenvalue weighted by atomic mass is 32.2. The van der Waals surface area contributed by atoms with Crippen molar-refractivity contribution < 1.29 is 14.3 Å². The van der Waals surface area contributed by atoms with Gasteiger partial charge in [0.2, 0.25) is 5.91 Å². The number of thioether (sulfide) groups is 1. The van der Waals surface area contributed by atoms with Crippen molar-refractivity contribution in [1.29, 1.82) is 5.26 Å². The number of fused-ring (bicyclic) bond motifs is 1. The van der Waals surface area contributed by atoms with Crippen LogP contribution in [0.5, 0.6) is 11.5 Å². The number of nitriles is 1. The quantitative estimate of drug-likeness (QED) is 0.672. The van der Waals surface area contributed by atoms with Crippen LogP contribution in [0.2, 0.25) is 0 Å². The van der Waals surface area contributed by atoms with Crippen LogP contribution >= 0.6 is 11.8 Å². The molecule has 1 aromatic carbocycles. The number of benzene rings is 1. The number of nitrogens with one attached hydrogen (secondary N) is 1. The second kappa shape index (κ2) is 9.66. The summed E-state index contributed by atoms with van der Waals surface area (Å²) in [6, 6.07) is 7.99. The molecule has 7 heteroatoms. The number of rotatable bonds is 8. The highest BCUT2D eigenvalue weighted by Crippen LogP contribution is 2.31. The normalized spacial score (nSPS) is 12.2. The fourth-order valence-corrected chi connectivity index (χ4v) is 4.44. The maximum atomic E-state index is 12.3. The van der Waals surface area contributed by atoms with Gasteiger partial charge in [-0.05, 0) is 61.4 Å². The monoisotopic (exact) mass is 411 g/mol. The smallest absolute Gasteiger partial charge is 0.230 e. The van der Waals surface area contributed by atoms with Gasteiger partial charge in [0.05, 0.1) is 25.5 Å². The summed E-state index contributed by atoms with van der Waals surface area (Å²) < 4.78 is 10.5. The zero-order valence-corrected chi connectivity index (χ0v) is 17.8. The Morgan fingerprint density at radius 2 is 2.07 bits per heavy atom. The maximum absolute atomic E-state index is 12.3. The Hall–Kier alpha value is -2.72. The van der Waals surface area contributed by atoms with Crippen molar-refractivity contribution in [3.05, 3.63) is 46.1 Å². The van der Waals surface area contributed by atoms with E-state index in [0.29, 0.717) is 35.1 Å². The molecule has 0 aliphatic heterocycles. The van der Waals surface area contributed by atoms with E-state index >= 15 is 0 Å². The molecule has 0 radical (unpaired) electrons. The number of carbonyl (C=O) groups excluding carboxylic acids is 1. The van der Waals surface area contributed by atoms with Crippen molar-refractivity contribution in [2.45, 2.75) is 37.6 Å². The predicted octanol–water partition coefficient (Wildman–Crippen LogP) is 3.22. The Kier molecular flexibility index (Phi) is 6.99. The van der Waals surface area contributed by atoms with Crippen molar-refractivity contribution >= 4 is 17.7 Å². The van der Waals surface area contributed by atoms with Gasteiger partial charge in [-0.1, -0.05) is 17.8 Å². The molecule has 0 spiro atoms. The molecule has 1 aliphatic carbocycles. The van der Waals surface area contributed by atoms with Gasteiger partial charge < -0.3 is 14.8 Å². The first kappa shape index (κ1) is 21.0. The van der Waals surface area contributed by atoms with Crippen LogP contribution in [0.1, 0.15) is 34.4 Å². The molecule has 1 amide bonds. The van der Waals surface area contributed by atoms with Crippen molar-refractivity contribution in [3.8, 4) is 17.6 Å². The summed E-state index contributed by atoms with van der Waals surface area (Å²) in [4.78, 5) is 16.9. The minimum absolute atomic E-state index is 0.0701. The number of methoxy groups -OCH3 is 2. The Labute approximate surface area is 175 Å². The Balaban J connectivity index is 1.54. The van der Waals surface area contributed by atoms with E-state index in [9.17, 15) is 10.1 Å². The highest BCUT2D eigenvalue weighted by molar-refractivity contribution is 8.00. The third-order valence-corrected chi connectivity index (χ3v) is 6.08. The zero-order chi connectivity index (χ0) is 20.8. The van der Waals surface area contributed by atoms with Crippen LogP contribution in [-0.4, -0.2) is 37.4 Å². The van der Waals surface area contributed by atoms with Crippen molar-refractivity contribution in [2.75, 3.05) is 26.5 Å². The summed E-state index contributed by atoms with van der Waals surface area (Å²) in [5, 5.41) is 13.1. The fraction of sp³-hybridized carbons (Fsp3) is 0.409. The molecule has 0 saturated heterocycles. The average molecular weight is 412 g/mol. The molecule has 1 aromatic heterocycles. The molecule has 2 aromatic rings. The molecule has 152 valence electrons. The third kappa shape index (κ3) is 4.83. The summed E-state index contributed by atoms with van der Waals surface area (Å²) in [6.07, 6.45) is 3.71. The van der Waals surface area contributed by atoms with Crippen molar-refractivity contribution in [1.82, 2.24) is 10.3 Å². The average Bonchev–Trinajstić information content (AvgIpc) is 3.21. The first-order valence-electron chi connectivity index (χ1n) is 9.60. The van der Waals surface area contributed by atoms with Gasteiger partial charge in [0.1, 0.15) is 11.1 Å². The SMILES string of the molecule is COc1ccc(CCNC(=O)CSc2nc3c(c(C)c2C#N)CCC3)cc1OC. The van der Waals surface area contributed by atoms with E-state index < -0.39 is 0 Å². The maximum Gasteiger partial charge on any atom is 0.230 e. The van der Waals surface area contributed by atoms with Crippen LogP contribution in [0.15, 0.2) is 23.2 Å². The molecule has 0 saturated carbocycles. The number of amides is 1. The minimum Gasteiger partial charge on any atom is -0.493 e. The van der Waals surface area contributed by atoms with Gasteiger partial charge in [-0.3, -0.25) is 4.79 Å². The molecule has 6 nitrogen and oxygen atoms in total. The second-order valence-corrected chi connectivity index (χ2v) is 7.85. The number of nitrogens with zero attached hydrogens (tertiary/aromatic N) is 2. The van der Waals surface area contributed by atoms with Gasteiger partial charge in [-0.15, -0.1) is 0 Å². The van der Waals surface area contributed by atoms with Crippen LogP contribution in [0.3, 0.4) is 0 Å². The first-order valence-corrected chi connectivity index (χ1v) is 10.6. The number of aromatic nitrogens is 1. The highest BCUT2D eigenvalue weighted by Gasteiger charge is 2.21. The largest absolute Gasteiger partial charge is 0.493 e. The molecule has 0 atom stereocenters. The molecular weight excluding hydrogens is 386 g/mol. The van der Waals surface area contributed by atoms with Crippen molar-refractivity contribution in [3.63, 3.8) is 0 Å². The van der Waals surface area contributed by atoms with E-state index in [1.54, 1.807) is 14.2 Å². The van der Waals surface area contributed by atoms with Crippen LogP contribution in [0, 0.1) is 18.3 Å². The molecule has 1 N–H and O–H groups in total. The topological polar surface area (TPSA) is 84.2 Å². The number of pyridine rings is 1. The number of hydrogen-bond donors (Lipinski definition) is 1. The summed E-state index contributed by atoms with van der Waals surface area (Å²) in [5.74, 6) is 1.53. The van der Waals surface area contributed by atoms with E-state index in [-0.39, 0.29) is 11.7 Å². The van der Waals surface area contributed by atoms with E-state index in [2.05, 4.69) is 16.4 Å². The Morgan fingerprint density at radius 3 is 2.79 bits per heavy atom. The number of aryl methyl sites for hydroxylation is 1. The molecular formula is C22H25N3O3S. The third-order valence-electron chi connectivity index (χ3n) is 5.10. The molecule has 0 bridgehead atoms. The van der Waals surface area contributed by atoms with Crippen LogP contribution < -0.4 is 14.8 Å². The van der Waals surface area contributed by atoms with Gasteiger partial charge in [0.15, 0.2) is 11.5 Å². The molecule has 1 heterocycles. The zero-order valence-electron chi connectivity index (χ0n) is 17.0. The summed E-state index contributed by atoms with van der Waals surface area (Å²) in [5.41, 5.74) is 4.97. The Bertz CT molecular complexity index is 953. The molecule has 3 rings (SSSR count). The van der Waals surface area contributed by atoms with Gasteiger partial charge in [-0.2, -0.15) is 5.26 Å². The number of carbonyl (C=O) groups is 1. The lowest BCUT2D eigenvalue weighted by atomic mass is 10.0. The van der Waals surface area contributed by atoms with Gasteiger partial charge in [0.25, 0.3) is 0 Å². The summed E-state index contributed by atoms with van der Waals surface area (Å²) in [6.45, 7) is 2.51. The predicted molar refractivity (Wildman–Crippen MR) is 113 cm³/mol. The number of hydrogen-bond acceptors (Lipinski definition) is 6. The van der Waals surface area contributed by atoms with Gasteiger partial charge >= 0.3 is 0 Å². The number of ether oxygens (including phenoxy) is 2. The fourth-order valence-electron chi connectivity index (χ4n) is 3.55. The lowest BCUT2D eigenvalue weighted by Gasteiger charge is -2.11. The van der Waals surface area contributed by atoms with Crippen LogP contribution in [0.25, 0.3) is 0 Å².